The van der Waals surface area contributed by atoms with E-state index in [0.717, 1.165) is 12.1 Å². The molecule has 0 aliphatic rings. The van der Waals surface area contributed by atoms with E-state index >= 15 is 0 Å². The van der Waals surface area contributed by atoms with E-state index in [2.05, 4.69) is 42.1 Å². The van der Waals surface area contributed by atoms with Crippen molar-refractivity contribution in [2.75, 3.05) is 11.1 Å². The third-order valence-electron chi connectivity index (χ3n) is 4.26. The van der Waals surface area contributed by atoms with Crippen LogP contribution in [0.15, 0.2) is 54.9 Å². The van der Waals surface area contributed by atoms with E-state index in [1.54, 1.807) is 0 Å². The number of anilines is 3. The van der Waals surface area contributed by atoms with Crippen molar-refractivity contribution < 1.29 is 4.74 Å². The highest BCUT2D eigenvalue weighted by Gasteiger charge is 2.12. The van der Waals surface area contributed by atoms with Gasteiger partial charge in [-0.3, -0.25) is 0 Å². The Balaban J connectivity index is 1.83. The molecule has 26 heavy (non-hydrogen) atoms. The summed E-state index contributed by atoms with van der Waals surface area (Å²) in [5.41, 5.74) is 10.0. The van der Waals surface area contributed by atoms with Gasteiger partial charge in [-0.25, -0.2) is 4.98 Å². The van der Waals surface area contributed by atoms with Crippen molar-refractivity contribution in [2.24, 2.45) is 0 Å². The summed E-state index contributed by atoms with van der Waals surface area (Å²) < 4.78 is 5.86. The fraction of sp³-hybridized carbons (Fsp3) is 0.238. The van der Waals surface area contributed by atoms with Crippen molar-refractivity contribution in [3.63, 3.8) is 0 Å². The van der Waals surface area contributed by atoms with Crippen molar-refractivity contribution in [2.45, 2.75) is 33.1 Å². The first kappa shape index (κ1) is 17.7. The maximum Gasteiger partial charge on any atom is 0.248 e. The van der Waals surface area contributed by atoms with Gasteiger partial charge in [-0.05, 0) is 41.7 Å². The van der Waals surface area contributed by atoms with E-state index in [4.69, 9.17) is 10.5 Å². The molecule has 0 atom stereocenters. The number of aromatic nitrogens is 2. The Morgan fingerprint density at radius 2 is 1.77 bits per heavy atom. The monoisotopic (exact) mass is 348 g/mol. The van der Waals surface area contributed by atoms with E-state index in [0.29, 0.717) is 29.1 Å². The topological polar surface area (TPSA) is 73.1 Å². The number of hydrogen-bond donors (Lipinski definition) is 2. The zero-order valence-corrected chi connectivity index (χ0v) is 15.4. The molecule has 3 aromatic rings. The molecule has 0 spiro atoms. The number of ether oxygens (including phenoxy) is 1. The summed E-state index contributed by atoms with van der Waals surface area (Å²) in [4.78, 5) is 8.44. The summed E-state index contributed by atoms with van der Waals surface area (Å²) in [6, 6.07) is 16.0. The minimum atomic E-state index is 0.341. The Bertz CT molecular complexity index is 875. The van der Waals surface area contributed by atoms with Crippen molar-refractivity contribution in [1.82, 2.24) is 9.97 Å². The van der Waals surface area contributed by atoms with Gasteiger partial charge >= 0.3 is 0 Å². The average Bonchev–Trinajstić information content (AvgIpc) is 2.66. The van der Waals surface area contributed by atoms with Crippen LogP contribution in [0, 0.1) is 0 Å². The maximum atomic E-state index is 6.24. The van der Waals surface area contributed by atoms with Crippen LogP contribution in [0.5, 0.6) is 11.6 Å². The second-order valence-electron chi connectivity index (χ2n) is 6.40. The predicted octanol–water partition coefficient (Wildman–Crippen LogP) is 5.28. The van der Waals surface area contributed by atoms with Crippen LogP contribution in [0.4, 0.5) is 17.2 Å². The molecular formula is C21H24N4O. The van der Waals surface area contributed by atoms with Crippen LogP contribution in [0.3, 0.4) is 0 Å². The maximum absolute atomic E-state index is 6.24. The number of aryl methyl sites for hydroxylation is 1. The van der Waals surface area contributed by atoms with Crippen LogP contribution in [0.2, 0.25) is 0 Å². The summed E-state index contributed by atoms with van der Waals surface area (Å²) in [5, 5.41) is 3.29. The van der Waals surface area contributed by atoms with Gasteiger partial charge in [0.05, 0.1) is 0 Å². The van der Waals surface area contributed by atoms with Gasteiger partial charge in [0.25, 0.3) is 0 Å². The second-order valence-corrected chi connectivity index (χ2v) is 6.40. The lowest BCUT2D eigenvalue weighted by Crippen LogP contribution is -2.04. The number of rotatable bonds is 6. The van der Waals surface area contributed by atoms with E-state index in [1.165, 1.54) is 17.5 Å². The number of nitrogens with two attached hydrogens (primary N) is 1. The van der Waals surface area contributed by atoms with Gasteiger partial charge in [-0.2, -0.15) is 4.98 Å². The zero-order chi connectivity index (χ0) is 18.5. The van der Waals surface area contributed by atoms with E-state index in [1.807, 2.05) is 42.5 Å². The third-order valence-corrected chi connectivity index (χ3v) is 4.26. The molecule has 0 unspecified atom stereocenters. The van der Waals surface area contributed by atoms with Crippen molar-refractivity contribution >= 4 is 17.2 Å². The van der Waals surface area contributed by atoms with Crippen LogP contribution < -0.4 is 15.8 Å². The molecule has 0 saturated carbocycles. The Hall–Kier alpha value is -3.08. The molecule has 0 bridgehead atoms. The number of benzene rings is 2. The van der Waals surface area contributed by atoms with E-state index < -0.39 is 0 Å². The van der Waals surface area contributed by atoms with Crippen molar-refractivity contribution in [3.8, 4) is 11.6 Å². The number of hydrogen-bond acceptors (Lipinski definition) is 5. The summed E-state index contributed by atoms with van der Waals surface area (Å²) in [7, 11) is 0. The first-order valence-electron chi connectivity index (χ1n) is 8.81. The van der Waals surface area contributed by atoms with Crippen LogP contribution in [-0.4, -0.2) is 9.97 Å². The quantitative estimate of drug-likeness (QED) is 0.634. The van der Waals surface area contributed by atoms with E-state index in [9.17, 15) is 0 Å². The van der Waals surface area contributed by atoms with Crippen LogP contribution >= 0.6 is 0 Å². The molecule has 3 N–H and O–H groups in total. The standard InChI is InChI=1S/C21H24N4O/c1-4-15-7-5-6-8-18(15)25-20-19(22)21(24-13-23-20)26-17-11-9-16(10-12-17)14(2)3/h5-14H,4,22H2,1-3H3,(H,23,24,25). The molecule has 0 saturated heterocycles. The van der Waals surface area contributed by atoms with Gasteiger partial charge in [0.2, 0.25) is 5.88 Å². The molecule has 0 fully saturated rings. The fourth-order valence-electron chi connectivity index (χ4n) is 2.67. The third kappa shape index (κ3) is 3.94. The number of para-hydroxylation sites is 1. The Kier molecular flexibility index (Phi) is 5.37. The normalized spacial score (nSPS) is 10.8. The molecule has 3 rings (SSSR count). The predicted molar refractivity (Wildman–Crippen MR) is 106 cm³/mol. The highest BCUT2D eigenvalue weighted by atomic mass is 16.5. The van der Waals surface area contributed by atoms with Gasteiger partial charge < -0.3 is 15.8 Å². The smallest absolute Gasteiger partial charge is 0.248 e. The zero-order valence-electron chi connectivity index (χ0n) is 15.4. The van der Waals surface area contributed by atoms with Gasteiger partial charge in [0.15, 0.2) is 5.82 Å². The average molecular weight is 348 g/mol. The van der Waals surface area contributed by atoms with Crippen LogP contribution in [0.25, 0.3) is 0 Å². The molecule has 0 aliphatic heterocycles. The first-order chi connectivity index (χ1) is 12.6. The van der Waals surface area contributed by atoms with Crippen LogP contribution in [0.1, 0.15) is 37.8 Å². The van der Waals surface area contributed by atoms with Gasteiger partial charge in [0.1, 0.15) is 17.8 Å². The second kappa shape index (κ2) is 7.87. The summed E-state index contributed by atoms with van der Waals surface area (Å²) in [6.07, 6.45) is 2.37. The lowest BCUT2D eigenvalue weighted by atomic mass is 10.0. The minimum Gasteiger partial charge on any atom is -0.437 e. The Labute approximate surface area is 154 Å². The summed E-state index contributed by atoms with van der Waals surface area (Å²) in [5.74, 6) is 2.05. The largest absolute Gasteiger partial charge is 0.437 e. The highest BCUT2D eigenvalue weighted by Crippen LogP contribution is 2.32. The minimum absolute atomic E-state index is 0.341. The molecule has 134 valence electrons. The van der Waals surface area contributed by atoms with Crippen LogP contribution in [-0.2, 0) is 6.42 Å². The molecule has 0 amide bonds. The first-order valence-corrected chi connectivity index (χ1v) is 8.81. The molecular weight excluding hydrogens is 324 g/mol. The molecule has 5 nitrogen and oxygen atoms in total. The highest BCUT2D eigenvalue weighted by molar-refractivity contribution is 5.73. The lowest BCUT2D eigenvalue weighted by molar-refractivity contribution is 0.464. The van der Waals surface area contributed by atoms with E-state index in [-0.39, 0.29) is 0 Å². The number of nitrogens with one attached hydrogen (secondary N) is 1. The van der Waals surface area contributed by atoms with Crippen molar-refractivity contribution in [1.29, 1.82) is 0 Å². The molecule has 1 heterocycles. The van der Waals surface area contributed by atoms with Gasteiger partial charge in [0, 0.05) is 5.69 Å². The van der Waals surface area contributed by atoms with Gasteiger partial charge in [-0.15, -0.1) is 0 Å². The Morgan fingerprint density at radius 1 is 1.04 bits per heavy atom. The molecule has 2 aromatic carbocycles. The van der Waals surface area contributed by atoms with Gasteiger partial charge in [-0.1, -0.05) is 51.1 Å². The molecule has 1 aromatic heterocycles. The number of nitrogens with zero attached hydrogens (tertiary/aromatic N) is 2. The summed E-state index contributed by atoms with van der Waals surface area (Å²) >= 11 is 0. The molecule has 0 aliphatic carbocycles. The number of nitrogen functional groups attached to an aromatic ring is 1. The summed E-state index contributed by atoms with van der Waals surface area (Å²) in [6.45, 7) is 6.42. The molecule has 0 radical (unpaired) electrons. The fourth-order valence-corrected chi connectivity index (χ4v) is 2.67. The van der Waals surface area contributed by atoms with Crippen molar-refractivity contribution in [3.05, 3.63) is 66.0 Å². The lowest BCUT2D eigenvalue weighted by Gasteiger charge is -2.14. The Morgan fingerprint density at radius 3 is 2.46 bits per heavy atom. The molecule has 5 heteroatoms. The SMILES string of the molecule is CCc1ccccc1Nc1ncnc(Oc2ccc(C(C)C)cc2)c1N.